The lowest BCUT2D eigenvalue weighted by molar-refractivity contribution is -0.897. The maximum atomic E-state index is 12.0. The van der Waals surface area contributed by atoms with Gasteiger partial charge in [0.05, 0.1) is 13.1 Å². The maximum absolute atomic E-state index is 12.0. The van der Waals surface area contributed by atoms with Gasteiger partial charge < -0.3 is 16.0 Å². The Labute approximate surface area is 148 Å². The fourth-order valence-corrected chi connectivity index (χ4v) is 3.73. The highest BCUT2D eigenvalue weighted by molar-refractivity contribution is 7.98. The molecule has 2 amide bonds. The molecule has 0 aromatic heterocycles. The van der Waals surface area contributed by atoms with Crippen LogP contribution in [0.15, 0.2) is 24.3 Å². The number of thioether (sulfide) groups is 1. The van der Waals surface area contributed by atoms with E-state index in [4.69, 9.17) is 5.73 Å². The van der Waals surface area contributed by atoms with E-state index in [0.29, 0.717) is 13.1 Å². The van der Waals surface area contributed by atoms with Gasteiger partial charge in [0.2, 0.25) is 5.91 Å². The van der Waals surface area contributed by atoms with Gasteiger partial charge in [0, 0.05) is 36.8 Å². The number of quaternary nitrogens is 1. The first-order valence-electron chi connectivity index (χ1n) is 8.57. The molecule has 0 radical (unpaired) electrons. The molecule has 0 unspecified atom stereocenters. The van der Waals surface area contributed by atoms with E-state index < -0.39 is 0 Å². The molecular weight excluding hydrogens is 322 g/mol. The number of primary amides is 1. The van der Waals surface area contributed by atoms with Gasteiger partial charge in [0.25, 0.3) is 5.91 Å². The van der Waals surface area contributed by atoms with E-state index in [1.165, 1.54) is 16.0 Å². The summed E-state index contributed by atoms with van der Waals surface area (Å²) in [6.45, 7) is 4.98. The van der Waals surface area contributed by atoms with Gasteiger partial charge >= 0.3 is 0 Å². The fraction of sp³-hybridized carbons (Fsp3) is 0.556. The van der Waals surface area contributed by atoms with Gasteiger partial charge in [0.15, 0.2) is 6.54 Å². The molecule has 2 rings (SSSR count). The minimum Gasteiger partial charge on any atom is -0.369 e. The summed E-state index contributed by atoms with van der Waals surface area (Å²) in [4.78, 5) is 24.3. The summed E-state index contributed by atoms with van der Waals surface area (Å²) < 4.78 is 0. The molecule has 0 spiro atoms. The summed E-state index contributed by atoms with van der Waals surface area (Å²) in [5, 5.41) is 2.99. The second-order valence-electron chi connectivity index (χ2n) is 6.49. The first kappa shape index (κ1) is 18.8. The van der Waals surface area contributed by atoms with Gasteiger partial charge in [0.1, 0.15) is 0 Å². The molecule has 1 aromatic rings. The molecule has 5 nitrogen and oxygen atoms in total. The Morgan fingerprint density at radius 2 is 1.92 bits per heavy atom. The van der Waals surface area contributed by atoms with Crippen LogP contribution in [-0.4, -0.2) is 43.7 Å². The number of amides is 2. The van der Waals surface area contributed by atoms with Crippen LogP contribution in [0.4, 0.5) is 0 Å². The topological polar surface area (TPSA) is 76.6 Å². The van der Waals surface area contributed by atoms with Crippen LogP contribution < -0.4 is 16.0 Å². The zero-order valence-corrected chi connectivity index (χ0v) is 15.2. The Morgan fingerprint density at radius 3 is 2.54 bits per heavy atom. The van der Waals surface area contributed by atoms with Crippen LogP contribution in [0.25, 0.3) is 0 Å². The molecule has 1 aliphatic rings. The number of nitrogens with two attached hydrogens (primary N) is 1. The predicted molar refractivity (Wildman–Crippen MR) is 97.8 cm³/mol. The van der Waals surface area contributed by atoms with Crippen molar-refractivity contribution < 1.29 is 14.5 Å². The monoisotopic (exact) mass is 350 g/mol. The summed E-state index contributed by atoms with van der Waals surface area (Å²) in [6, 6.07) is 8.56. The normalized spacial score (nSPS) is 20.5. The van der Waals surface area contributed by atoms with E-state index in [-0.39, 0.29) is 17.7 Å². The summed E-state index contributed by atoms with van der Waals surface area (Å²) in [5.74, 6) is 1.78. The smallest absolute Gasteiger partial charge is 0.275 e. The number of piperidine rings is 1. The molecule has 24 heavy (non-hydrogen) atoms. The van der Waals surface area contributed by atoms with Crippen molar-refractivity contribution in [1.29, 1.82) is 0 Å². The molecule has 1 saturated heterocycles. The highest BCUT2D eigenvalue weighted by Gasteiger charge is 2.26. The SMILES string of the molecule is Cc1ccc(CSCCNC(=O)C[NH+]2CCC(C(N)=O)CC2)cc1. The fourth-order valence-electron chi connectivity index (χ4n) is 2.91. The molecule has 0 aliphatic carbocycles. The van der Waals surface area contributed by atoms with Gasteiger partial charge in [-0.25, -0.2) is 0 Å². The number of carbonyl (C=O) groups excluding carboxylic acids is 2. The third-order valence-electron chi connectivity index (χ3n) is 4.46. The van der Waals surface area contributed by atoms with Crippen molar-refractivity contribution in [3.63, 3.8) is 0 Å². The van der Waals surface area contributed by atoms with E-state index in [2.05, 4.69) is 36.5 Å². The molecular formula is C18H28N3O2S+. The molecule has 0 atom stereocenters. The summed E-state index contributed by atoms with van der Waals surface area (Å²) >= 11 is 1.83. The van der Waals surface area contributed by atoms with Crippen molar-refractivity contribution in [3.05, 3.63) is 35.4 Å². The predicted octanol–water partition coefficient (Wildman–Crippen LogP) is 0.125. The minimum absolute atomic E-state index is 0.00464. The van der Waals surface area contributed by atoms with Gasteiger partial charge in [-0.2, -0.15) is 11.8 Å². The molecule has 0 saturated carbocycles. The number of hydrogen-bond acceptors (Lipinski definition) is 3. The number of benzene rings is 1. The second kappa shape index (κ2) is 9.69. The maximum Gasteiger partial charge on any atom is 0.275 e. The van der Waals surface area contributed by atoms with Gasteiger partial charge in [-0.1, -0.05) is 29.8 Å². The standard InChI is InChI=1S/C18H27N3O2S/c1-14-2-4-15(5-3-14)13-24-11-8-20-17(22)12-21-9-6-16(7-10-21)18(19)23/h2-5,16H,6-13H2,1H3,(H2,19,23)(H,20,22)/p+1. The molecule has 0 bridgehead atoms. The van der Waals surface area contributed by atoms with Crippen molar-refractivity contribution in [2.75, 3.05) is 31.9 Å². The highest BCUT2D eigenvalue weighted by atomic mass is 32.2. The van der Waals surface area contributed by atoms with E-state index in [1.54, 1.807) is 0 Å². The van der Waals surface area contributed by atoms with Crippen LogP contribution in [0.5, 0.6) is 0 Å². The second-order valence-corrected chi connectivity index (χ2v) is 7.60. The summed E-state index contributed by atoms with van der Waals surface area (Å²) in [7, 11) is 0. The Kier molecular flexibility index (Phi) is 7.59. The van der Waals surface area contributed by atoms with E-state index in [1.807, 2.05) is 11.8 Å². The average molecular weight is 351 g/mol. The van der Waals surface area contributed by atoms with Gasteiger partial charge in [-0.15, -0.1) is 0 Å². The van der Waals surface area contributed by atoms with Crippen LogP contribution >= 0.6 is 11.8 Å². The van der Waals surface area contributed by atoms with Crippen molar-refractivity contribution >= 4 is 23.6 Å². The molecule has 1 aromatic carbocycles. The first-order valence-corrected chi connectivity index (χ1v) is 9.73. The summed E-state index contributed by atoms with van der Waals surface area (Å²) in [6.07, 6.45) is 1.59. The molecule has 1 fully saturated rings. The largest absolute Gasteiger partial charge is 0.369 e. The molecule has 132 valence electrons. The van der Waals surface area contributed by atoms with Crippen LogP contribution in [0.1, 0.15) is 24.0 Å². The average Bonchev–Trinajstić information content (AvgIpc) is 2.56. The van der Waals surface area contributed by atoms with Crippen LogP contribution in [0.3, 0.4) is 0 Å². The van der Waals surface area contributed by atoms with Crippen LogP contribution in [-0.2, 0) is 15.3 Å². The molecule has 4 N–H and O–H groups in total. The van der Waals surface area contributed by atoms with E-state index in [0.717, 1.165) is 37.4 Å². The Hall–Kier alpha value is -1.53. The van der Waals surface area contributed by atoms with E-state index in [9.17, 15) is 9.59 Å². The molecule has 6 heteroatoms. The van der Waals surface area contributed by atoms with Crippen molar-refractivity contribution in [2.24, 2.45) is 11.7 Å². The third-order valence-corrected chi connectivity index (χ3v) is 5.49. The summed E-state index contributed by atoms with van der Waals surface area (Å²) in [5.41, 5.74) is 7.92. The Bertz CT molecular complexity index is 540. The lowest BCUT2D eigenvalue weighted by Gasteiger charge is -2.27. The van der Waals surface area contributed by atoms with Crippen molar-refractivity contribution in [1.82, 2.24) is 5.32 Å². The van der Waals surface area contributed by atoms with E-state index >= 15 is 0 Å². The number of likely N-dealkylation sites (tertiary alicyclic amines) is 1. The highest BCUT2D eigenvalue weighted by Crippen LogP contribution is 2.12. The van der Waals surface area contributed by atoms with Gasteiger partial charge in [-0.05, 0) is 12.5 Å². The molecule has 1 aliphatic heterocycles. The molecule has 1 heterocycles. The number of aryl methyl sites for hydroxylation is 1. The van der Waals surface area contributed by atoms with Crippen molar-refractivity contribution in [3.8, 4) is 0 Å². The minimum atomic E-state index is -0.205. The number of nitrogens with one attached hydrogen (secondary N) is 2. The number of carbonyl (C=O) groups is 2. The van der Waals surface area contributed by atoms with Crippen LogP contribution in [0.2, 0.25) is 0 Å². The Morgan fingerprint density at radius 1 is 1.25 bits per heavy atom. The zero-order chi connectivity index (χ0) is 17.4. The third kappa shape index (κ3) is 6.53. The Balaban J connectivity index is 1.54. The number of rotatable bonds is 8. The number of hydrogen-bond donors (Lipinski definition) is 3. The lowest BCUT2D eigenvalue weighted by Crippen LogP contribution is -3.14. The zero-order valence-electron chi connectivity index (χ0n) is 14.3. The van der Waals surface area contributed by atoms with Crippen LogP contribution in [0, 0.1) is 12.8 Å². The van der Waals surface area contributed by atoms with Crippen molar-refractivity contribution in [2.45, 2.75) is 25.5 Å². The quantitative estimate of drug-likeness (QED) is 0.583. The lowest BCUT2D eigenvalue weighted by atomic mass is 9.96. The van der Waals surface area contributed by atoms with Gasteiger partial charge in [-0.3, -0.25) is 9.59 Å². The first-order chi connectivity index (χ1) is 11.5.